The van der Waals surface area contributed by atoms with E-state index in [1.165, 1.54) is 33.8 Å². The van der Waals surface area contributed by atoms with Crippen LogP contribution in [0.3, 0.4) is 0 Å². The first-order chi connectivity index (χ1) is 25.4. The summed E-state index contributed by atoms with van der Waals surface area (Å²) in [7, 11) is 0. The van der Waals surface area contributed by atoms with Gasteiger partial charge in [-0.15, -0.1) is 48.1 Å². The normalized spacial score (nSPS) is 14.1. The van der Waals surface area contributed by atoms with Crippen LogP contribution in [0.25, 0.3) is 27.6 Å². The fraction of sp³-hybridized carbons (Fsp3) is 0.347. The molecule has 0 amide bonds. The first-order valence-corrected chi connectivity index (χ1v) is 19.4. The van der Waals surface area contributed by atoms with Gasteiger partial charge in [-0.05, 0) is 70.2 Å². The Hall–Kier alpha value is -4.34. The van der Waals surface area contributed by atoms with Crippen molar-refractivity contribution in [2.45, 2.75) is 101 Å². The maximum atomic E-state index is 6.63. The molecule has 0 bridgehead atoms. The Morgan fingerprint density at radius 1 is 0.709 bits per heavy atom. The molecule has 290 valence electrons. The number of anilines is 2. The molecule has 0 atom stereocenters. The van der Waals surface area contributed by atoms with Crippen LogP contribution < -0.4 is 14.5 Å². The van der Waals surface area contributed by atoms with E-state index in [-0.39, 0.29) is 37.3 Å². The largest absolute Gasteiger partial charge is 0.509 e. The number of hydrogen-bond acceptors (Lipinski definition) is 4. The standard InChI is InChI=1S/C49H55N4O.Pt/c1-13-33-25-35(47(4,5)6)28-37(26-33)52-31-51(45(48(7,8)9)46(52)49(10,11)12)36-17-16-18-38(29-36)54-39-21-22-41-40-19-14-15-20-42(40)53(43(41)30-39)44-27-34(32(2)3)23-24-50-44;/h14-28,31-32H,13H2,1-12H3;/q-3;. The zero-order valence-corrected chi connectivity index (χ0v) is 36.8. The van der Waals surface area contributed by atoms with E-state index in [0.29, 0.717) is 17.4 Å². The molecule has 4 aromatic carbocycles. The smallest absolute Gasteiger partial charge is 0.135 e. The molecule has 2 aromatic heterocycles. The maximum absolute atomic E-state index is 6.63. The monoisotopic (exact) mass is 910 g/mol. The van der Waals surface area contributed by atoms with Gasteiger partial charge in [0.1, 0.15) is 5.82 Å². The Morgan fingerprint density at radius 2 is 1.40 bits per heavy atom. The van der Waals surface area contributed by atoms with Crippen LogP contribution in [0.4, 0.5) is 11.4 Å². The van der Waals surface area contributed by atoms with E-state index in [1.807, 2.05) is 18.3 Å². The minimum absolute atomic E-state index is 0. The Kier molecular flexibility index (Phi) is 11.0. The summed E-state index contributed by atoms with van der Waals surface area (Å²) in [6.07, 6.45) is 2.88. The van der Waals surface area contributed by atoms with E-state index in [9.17, 15) is 0 Å². The van der Waals surface area contributed by atoms with Gasteiger partial charge in [0.05, 0.1) is 0 Å². The Balaban J connectivity index is 0.00000514. The predicted molar refractivity (Wildman–Crippen MR) is 227 cm³/mol. The van der Waals surface area contributed by atoms with Gasteiger partial charge in [0, 0.05) is 72.2 Å². The van der Waals surface area contributed by atoms with Crippen molar-refractivity contribution >= 4 is 33.2 Å². The van der Waals surface area contributed by atoms with Gasteiger partial charge in [0.25, 0.3) is 0 Å². The summed E-state index contributed by atoms with van der Waals surface area (Å²) in [5.74, 6) is 2.52. The summed E-state index contributed by atoms with van der Waals surface area (Å²) in [5, 5.41) is 2.26. The molecule has 7 rings (SSSR count). The number of pyridine rings is 1. The molecule has 6 aromatic rings. The van der Waals surface area contributed by atoms with E-state index in [1.54, 1.807) is 0 Å². The molecule has 1 aliphatic rings. The third-order valence-electron chi connectivity index (χ3n) is 10.3. The van der Waals surface area contributed by atoms with Crippen LogP contribution in [0.1, 0.15) is 106 Å². The number of nitrogens with zero attached hydrogens (tertiary/aromatic N) is 4. The molecule has 5 nitrogen and oxygen atoms in total. The molecule has 6 heteroatoms. The van der Waals surface area contributed by atoms with Gasteiger partial charge in [-0.3, -0.25) is 0 Å². The molecule has 0 spiro atoms. The zero-order valence-electron chi connectivity index (χ0n) is 34.5. The number of hydrogen-bond donors (Lipinski definition) is 0. The van der Waals surface area contributed by atoms with Crippen LogP contribution in [-0.4, -0.2) is 9.55 Å². The van der Waals surface area contributed by atoms with Crippen molar-refractivity contribution in [2.75, 3.05) is 9.80 Å². The molecule has 0 fully saturated rings. The fourth-order valence-corrected chi connectivity index (χ4v) is 7.56. The average molecular weight is 911 g/mol. The van der Waals surface area contributed by atoms with E-state index in [0.717, 1.165) is 39.7 Å². The van der Waals surface area contributed by atoms with Crippen LogP contribution in [0.5, 0.6) is 11.5 Å². The van der Waals surface area contributed by atoms with Gasteiger partial charge in [-0.1, -0.05) is 113 Å². The van der Waals surface area contributed by atoms with Crippen LogP contribution >= 0.6 is 0 Å². The fourth-order valence-electron chi connectivity index (χ4n) is 7.56. The van der Waals surface area contributed by atoms with Gasteiger partial charge in [0.2, 0.25) is 0 Å². The number of allylic oxidation sites excluding steroid dienone is 2. The molecule has 0 radical (unpaired) electrons. The molecule has 0 aliphatic carbocycles. The van der Waals surface area contributed by atoms with Crippen LogP contribution in [0.2, 0.25) is 0 Å². The molecular formula is C49H55N4OPt-3. The van der Waals surface area contributed by atoms with E-state index in [4.69, 9.17) is 9.72 Å². The SMILES string of the molecule is CCc1cc(N2[CH-]N(c3[c-]c(Oc4[c-]c5c(cc4)c4ccccc4n5-c4cc(C(C)C)ccn4)ccc3)C(C(C)(C)C)=C2C(C)(C)C)cc(C(C)(C)C)c1.[Pt]. The van der Waals surface area contributed by atoms with Gasteiger partial charge in [0.15, 0.2) is 0 Å². The molecular weight excluding hydrogens is 856 g/mol. The zero-order chi connectivity index (χ0) is 38.7. The Labute approximate surface area is 343 Å². The number of rotatable bonds is 7. The quantitative estimate of drug-likeness (QED) is 0.149. The van der Waals surface area contributed by atoms with Crippen molar-refractivity contribution in [3.05, 3.63) is 138 Å². The number of ether oxygens (including phenoxy) is 1. The number of benzene rings is 4. The minimum atomic E-state index is -0.166. The molecule has 0 N–H and O–H groups in total. The number of aromatic nitrogens is 2. The predicted octanol–water partition coefficient (Wildman–Crippen LogP) is 13.3. The molecule has 1 aliphatic heterocycles. The maximum Gasteiger partial charge on any atom is 0.135 e. The van der Waals surface area contributed by atoms with Crippen molar-refractivity contribution in [1.82, 2.24) is 9.55 Å². The minimum Gasteiger partial charge on any atom is -0.509 e. The van der Waals surface area contributed by atoms with Crippen molar-refractivity contribution < 1.29 is 25.8 Å². The van der Waals surface area contributed by atoms with E-state index < -0.39 is 0 Å². The van der Waals surface area contributed by atoms with E-state index in [2.05, 4.69) is 189 Å². The van der Waals surface area contributed by atoms with Crippen LogP contribution in [0, 0.1) is 29.6 Å². The number of para-hydroxylation sites is 1. The van der Waals surface area contributed by atoms with Gasteiger partial charge in [-0.2, -0.15) is 12.1 Å². The summed E-state index contributed by atoms with van der Waals surface area (Å²) in [6.45, 7) is 29.7. The van der Waals surface area contributed by atoms with E-state index >= 15 is 0 Å². The number of aryl methyl sites for hydroxylation is 1. The van der Waals surface area contributed by atoms with Crippen molar-refractivity contribution in [3.8, 4) is 17.3 Å². The second kappa shape index (κ2) is 15.0. The Morgan fingerprint density at radius 3 is 2.07 bits per heavy atom. The van der Waals surface area contributed by atoms with Gasteiger partial charge >= 0.3 is 0 Å². The van der Waals surface area contributed by atoms with Crippen molar-refractivity contribution in [2.24, 2.45) is 10.8 Å². The van der Waals surface area contributed by atoms with Crippen molar-refractivity contribution in [3.63, 3.8) is 0 Å². The first kappa shape index (κ1) is 40.3. The molecule has 0 saturated heterocycles. The summed E-state index contributed by atoms with van der Waals surface area (Å²) in [5.41, 5.74) is 10.3. The second-order valence-corrected chi connectivity index (χ2v) is 18.1. The van der Waals surface area contributed by atoms with Gasteiger partial charge in [-0.25, -0.2) is 4.98 Å². The summed E-state index contributed by atoms with van der Waals surface area (Å²) in [4.78, 5) is 9.55. The third kappa shape index (κ3) is 7.88. The molecule has 55 heavy (non-hydrogen) atoms. The Bertz CT molecular complexity index is 2380. The van der Waals surface area contributed by atoms with Crippen molar-refractivity contribution in [1.29, 1.82) is 0 Å². The first-order valence-electron chi connectivity index (χ1n) is 19.4. The molecule has 3 heterocycles. The van der Waals surface area contributed by atoms with Gasteiger partial charge < -0.3 is 19.1 Å². The molecule has 0 unspecified atom stereocenters. The second-order valence-electron chi connectivity index (χ2n) is 18.1. The van der Waals surface area contributed by atoms with Crippen LogP contribution in [0.15, 0.2) is 103 Å². The summed E-state index contributed by atoms with van der Waals surface area (Å²) >= 11 is 0. The summed E-state index contributed by atoms with van der Waals surface area (Å²) in [6, 6.07) is 37.4. The topological polar surface area (TPSA) is 33.5 Å². The summed E-state index contributed by atoms with van der Waals surface area (Å²) < 4.78 is 8.83. The van der Waals surface area contributed by atoms with Crippen LogP contribution in [-0.2, 0) is 32.9 Å². The third-order valence-corrected chi connectivity index (χ3v) is 10.3. The number of fused-ring (bicyclic) bond motifs is 3. The average Bonchev–Trinajstić information content (AvgIpc) is 3.69. The molecule has 0 saturated carbocycles.